The second-order valence-corrected chi connectivity index (χ2v) is 5.15. The van der Waals surface area contributed by atoms with Crippen LogP contribution in [0.3, 0.4) is 0 Å². The van der Waals surface area contributed by atoms with Crippen LogP contribution in [0.2, 0.25) is 0 Å². The van der Waals surface area contributed by atoms with Crippen LogP contribution in [0, 0.1) is 0 Å². The smallest absolute Gasteiger partial charge is 0.0522 e. The summed E-state index contributed by atoms with van der Waals surface area (Å²) in [7, 11) is 0. The fourth-order valence-corrected chi connectivity index (χ4v) is 2.59. The standard InChI is InChI=1S/C16H23N3/c1-3-10-16(17,15-8-6-5-7-9-15)11-14-12-18-19(4-2)13-14/h5-9,12-13H,3-4,10-11,17H2,1-2H3. The van der Waals surface area contributed by atoms with Crippen molar-refractivity contribution in [3.63, 3.8) is 0 Å². The molecule has 0 fully saturated rings. The summed E-state index contributed by atoms with van der Waals surface area (Å²) >= 11 is 0. The van der Waals surface area contributed by atoms with Crippen LogP contribution in [-0.4, -0.2) is 9.78 Å². The van der Waals surface area contributed by atoms with Crippen LogP contribution in [0.5, 0.6) is 0 Å². The molecule has 3 heteroatoms. The van der Waals surface area contributed by atoms with Gasteiger partial charge in [-0.25, -0.2) is 0 Å². The zero-order valence-corrected chi connectivity index (χ0v) is 11.8. The molecule has 1 heterocycles. The van der Waals surface area contributed by atoms with E-state index in [1.807, 2.05) is 16.9 Å². The highest BCUT2D eigenvalue weighted by Gasteiger charge is 2.27. The second-order valence-electron chi connectivity index (χ2n) is 5.15. The van der Waals surface area contributed by atoms with Gasteiger partial charge in [-0.2, -0.15) is 5.10 Å². The highest BCUT2D eigenvalue weighted by Crippen LogP contribution is 2.27. The van der Waals surface area contributed by atoms with Crippen LogP contribution in [0.25, 0.3) is 0 Å². The van der Waals surface area contributed by atoms with E-state index < -0.39 is 0 Å². The normalized spacial score (nSPS) is 14.3. The van der Waals surface area contributed by atoms with Gasteiger partial charge in [-0.1, -0.05) is 43.7 Å². The lowest BCUT2D eigenvalue weighted by atomic mass is 9.82. The Balaban J connectivity index is 2.24. The molecule has 102 valence electrons. The van der Waals surface area contributed by atoms with Crippen molar-refractivity contribution in [2.75, 3.05) is 0 Å². The van der Waals surface area contributed by atoms with Crippen molar-refractivity contribution >= 4 is 0 Å². The van der Waals surface area contributed by atoms with Crippen molar-refractivity contribution in [1.29, 1.82) is 0 Å². The van der Waals surface area contributed by atoms with Crippen molar-refractivity contribution in [1.82, 2.24) is 9.78 Å². The van der Waals surface area contributed by atoms with Crippen LogP contribution in [-0.2, 0) is 18.5 Å². The molecule has 1 aromatic carbocycles. The molecule has 0 radical (unpaired) electrons. The van der Waals surface area contributed by atoms with Crippen molar-refractivity contribution in [3.05, 3.63) is 53.9 Å². The monoisotopic (exact) mass is 257 g/mol. The minimum Gasteiger partial charge on any atom is -0.321 e. The third-order valence-corrected chi connectivity index (χ3v) is 3.58. The Bertz CT molecular complexity index is 504. The van der Waals surface area contributed by atoms with E-state index in [1.165, 1.54) is 11.1 Å². The molecular formula is C16H23N3. The Hall–Kier alpha value is -1.61. The summed E-state index contributed by atoms with van der Waals surface area (Å²) in [4.78, 5) is 0. The molecule has 0 amide bonds. The van der Waals surface area contributed by atoms with Crippen molar-refractivity contribution in [2.45, 2.75) is 45.2 Å². The van der Waals surface area contributed by atoms with Gasteiger partial charge in [0.1, 0.15) is 0 Å². The fourth-order valence-electron chi connectivity index (χ4n) is 2.59. The van der Waals surface area contributed by atoms with Gasteiger partial charge < -0.3 is 5.73 Å². The molecule has 1 unspecified atom stereocenters. The van der Waals surface area contributed by atoms with Gasteiger partial charge in [0, 0.05) is 18.3 Å². The maximum Gasteiger partial charge on any atom is 0.0522 e. The average molecular weight is 257 g/mol. The van der Waals surface area contributed by atoms with Crippen LogP contribution >= 0.6 is 0 Å². The first-order valence-electron chi connectivity index (χ1n) is 7.03. The maximum absolute atomic E-state index is 6.68. The molecule has 0 aliphatic carbocycles. The number of rotatable bonds is 6. The Kier molecular flexibility index (Phi) is 4.38. The molecule has 0 aliphatic rings. The predicted molar refractivity (Wildman–Crippen MR) is 78.8 cm³/mol. The number of aryl methyl sites for hydroxylation is 1. The lowest BCUT2D eigenvalue weighted by Gasteiger charge is -2.29. The largest absolute Gasteiger partial charge is 0.321 e. The highest BCUT2D eigenvalue weighted by atomic mass is 15.3. The van der Waals surface area contributed by atoms with E-state index in [4.69, 9.17) is 5.73 Å². The minimum atomic E-state index is -0.294. The highest BCUT2D eigenvalue weighted by molar-refractivity contribution is 5.26. The van der Waals surface area contributed by atoms with Gasteiger partial charge in [0.2, 0.25) is 0 Å². The molecule has 2 aromatic rings. The predicted octanol–water partition coefficient (Wildman–Crippen LogP) is 3.10. The molecule has 0 saturated heterocycles. The van der Waals surface area contributed by atoms with Crippen LogP contribution in [0.1, 0.15) is 37.8 Å². The van der Waals surface area contributed by atoms with Gasteiger partial charge in [0.25, 0.3) is 0 Å². The summed E-state index contributed by atoms with van der Waals surface area (Å²) in [5.41, 5.74) is 8.80. The number of hydrogen-bond acceptors (Lipinski definition) is 2. The van der Waals surface area contributed by atoms with Crippen LogP contribution in [0.4, 0.5) is 0 Å². The minimum absolute atomic E-state index is 0.294. The SMILES string of the molecule is CCCC(N)(Cc1cnn(CC)c1)c1ccccc1. The molecule has 1 atom stereocenters. The molecule has 19 heavy (non-hydrogen) atoms. The summed E-state index contributed by atoms with van der Waals surface area (Å²) in [5, 5.41) is 4.33. The van der Waals surface area contributed by atoms with Gasteiger partial charge in [-0.15, -0.1) is 0 Å². The van der Waals surface area contributed by atoms with E-state index in [9.17, 15) is 0 Å². The topological polar surface area (TPSA) is 43.8 Å². The number of benzene rings is 1. The summed E-state index contributed by atoms with van der Waals surface area (Å²) in [6, 6.07) is 10.4. The summed E-state index contributed by atoms with van der Waals surface area (Å²) in [6.07, 6.45) is 6.93. The van der Waals surface area contributed by atoms with E-state index in [1.54, 1.807) is 0 Å². The molecule has 0 spiro atoms. The Morgan fingerprint density at radius 1 is 1.21 bits per heavy atom. The summed E-state index contributed by atoms with van der Waals surface area (Å²) in [5.74, 6) is 0. The van der Waals surface area contributed by atoms with Crippen molar-refractivity contribution in [3.8, 4) is 0 Å². The molecule has 2 rings (SSSR count). The first kappa shape index (κ1) is 13.8. The van der Waals surface area contributed by atoms with Gasteiger partial charge in [0.05, 0.1) is 6.20 Å². The van der Waals surface area contributed by atoms with E-state index in [-0.39, 0.29) is 5.54 Å². The molecule has 0 bridgehead atoms. The first-order valence-corrected chi connectivity index (χ1v) is 7.03. The second kappa shape index (κ2) is 6.02. The van der Waals surface area contributed by atoms with Crippen molar-refractivity contribution < 1.29 is 0 Å². The first-order chi connectivity index (χ1) is 9.18. The average Bonchev–Trinajstić information content (AvgIpc) is 2.87. The lowest BCUT2D eigenvalue weighted by Crippen LogP contribution is -2.38. The number of hydrogen-bond donors (Lipinski definition) is 1. The van der Waals surface area contributed by atoms with Gasteiger partial charge in [-0.3, -0.25) is 4.68 Å². The molecular weight excluding hydrogens is 234 g/mol. The van der Waals surface area contributed by atoms with E-state index in [0.717, 1.165) is 25.8 Å². The third kappa shape index (κ3) is 3.24. The number of nitrogens with zero attached hydrogens (tertiary/aromatic N) is 2. The van der Waals surface area contributed by atoms with Gasteiger partial charge in [0.15, 0.2) is 0 Å². The molecule has 2 N–H and O–H groups in total. The Morgan fingerprint density at radius 3 is 2.53 bits per heavy atom. The lowest BCUT2D eigenvalue weighted by molar-refractivity contribution is 0.400. The van der Waals surface area contributed by atoms with Gasteiger partial charge in [-0.05, 0) is 30.9 Å². The summed E-state index contributed by atoms with van der Waals surface area (Å²) < 4.78 is 1.95. The fraction of sp³-hybridized carbons (Fsp3) is 0.438. The van der Waals surface area contributed by atoms with Gasteiger partial charge >= 0.3 is 0 Å². The van der Waals surface area contributed by atoms with E-state index >= 15 is 0 Å². The zero-order valence-electron chi connectivity index (χ0n) is 11.8. The molecule has 3 nitrogen and oxygen atoms in total. The maximum atomic E-state index is 6.68. The summed E-state index contributed by atoms with van der Waals surface area (Å²) in [6.45, 7) is 5.17. The number of nitrogens with two attached hydrogens (primary N) is 1. The molecule has 0 saturated carbocycles. The van der Waals surface area contributed by atoms with Crippen molar-refractivity contribution in [2.24, 2.45) is 5.73 Å². The Morgan fingerprint density at radius 2 is 1.95 bits per heavy atom. The van der Waals surface area contributed by atoms with E-state index in [2.05, 4.69) is 49.4 Å². The number of aromatic nitrogens is 2. The Labute approximate surface area is 115 Å². The zero-order chi connectivity index (χ0) is 13.7. The molecule has 1 aromatic heterocycles. The quantitative estimate of drug-likeness (QED) is 0.864. The van der Waals surface area contributed by atoms with E-state index in [0.29, 0.717) is 0 Å². The van der Waals surface area contributed by atoms with Crippen LogP contribution in [0.15, 0.2) is 42.7 Å². The third-order valence-electron chi connectivity index (χ3n) is 3.58. The van der Waals surface area contributed by atoms with Crippen LogP contribution < -0.4 is 5.73 Å². The molecule has 0 aliphatic heterocycles.